The minimum Gasteiger partial charge on any atom is -0.478 e. The van der Waals surface area contributed by atoms with Crippen LogP contribution in [0.4, 0.5) is 0 Å². The molecule has 0 spiro atoms. The Labute approximate surface area is 141 Å². The predicted octanol–water partition coefficient (Wildman–Crippen LogP) is 2.91. The molecule has 1 heterocycles. The number of carboxylic acid groups (broad SMARTS) is 1. The number of aryl methyl sites for hydroxylation is 1. The summed E-state index contributed by atoms with van der Waals surface area (Å²) < 4.78 is 1.27. The summed E-state index contributed by atoms with van der Waals surface area (Å²) in [5.74, 6) is -1.63. The Kier molecular flexibility index (Phi) is 4.78. The largest absolute Gasteiger partial charge is 0.478 e. The highest BCUT2D eigenvalue weighted by Crippen LogP contribution is 2.24. The molecule has 1 aromatic carbocycles. The lowest BCUT2D eigenvalue weighted by atomic mass is 9.86. The van der Waals surface area contributed by atoms with Crippen LogP contribution >= 0.6 is 0 Å². The summed E-state index contributed by atoms with van der Waals surface area (Å²) in [6.45, 7) is 8.29. The monoisotopic (exact) mass is 329 g/mol. The van der Waals surface area contributed by atoms with Gasteiger partial charge in [0.15, 0.2) is 0 Å². The third-order valence-corrected chi connectivity index (χ3v) is 4.01. The topological polar surface area (TPSA) is 84.2 Å². The third-order valence-electron chi connectivity index (χ3n) is 4.01. The van der Waals surface area contributed by atoms with E-state index in [4.69, 9.17) is 5.11 Å². The first kappa shape index (κ1) is 17.7. The lowest BCUT2D eigenvalue weighted by Gasteiger charge is -2.20. The normalized spacial score (nSPS) is 12.7. The van der Waals surface area contributed by atoms with Gasteiger partial charge in [0.05, 0.1) is 12.2 Å². The van der Waals surface area contributed by atoms with Gasteiger partial charge in [-0.15, -0.1) is 0 Å². The van der Waals surface area contributed by atoms with Crippen LogP contribution in [-0.2, 0) is 12.5 Å². The average molecular weight is 329 g/mol. The van der Waals surface area contributed by atoms with Crippen molar-refractivity contribution in [2.45, 2.75) is 39.2 Å². The van der Waals surface area contributed by atoms with Gasteiger partial charge in [0, 0.05) is 7.05 Å². The van der Waals surface area contributed by atoms with E-state index >= 15 is 0 Å². The molecule has 0 aliphatic heterocycles. The summed E-state index contributed by atoms with van der Waals surface area (Å²) in [6.07, 6.45) is 1.18. The van der Waals surface area contributed by atoms with Crippen molar-refractivity contribution in [1.82, 2.24) is 15.1 Å². The fourth-order valence-corrected chi connectivity index (χ4v) is 2.48. The van der Waals surface area contributed by atoms with Crippen LogP contribution in [0.1, 0.15) is 65.7 Å². The van der Waals surface area contributed by atoms with E-state index in [2.05, 4.69) is 31.2 Å². The molecule has 1 amide bonds. The molecular formula is C18H23N3O3. The Morgan fingerprint density at radius 2 is 1.79 bits per heavy atom. The first-order chi connectivity index (χ1) is 11.1. The maximum absolute atomic E-state index is 12.4. The molecule has 2 aromatic rings. The van der Waals surface area contributed by atoms with Crippen molar-refractivity contribution in [1.29, 1.82) is 0 Å². The number of hydrogen-bond donors (Lipinski definition) is 2. The second-order valence-corrected chi connectivity index (χ2v) is 6.90. The van der Waals surface area contributed by atoms with E-state index in [0.717, 1.165) is 5.56 Å². The van der Waals surface area contributed by atoms with Crippen molar-refractivity contribution < 1.29 is 14.7 Å². The predicted molar refractivity (Wildman–Crippen MR) is 91.2 cm³/mol. The van der Waals surface area contributed by atoms with E-state index in [0.29, 0.717) is 0 Å². The second kappa shape index (κ2) is 6.47. The van der Waals surface area contributed by atoms with Crippen LogP contribution in [0.3, 0.4) is 0 Å². The van der Waals surface area contributed by atoms with Gasteiger partial charge < -0.3 is 10.4 Å². The zero-order valence-electron chi connectivity index (χ0n) is 14.6. The number of carboxylic acids is 1. The maximum Gasteiger partial charge on any atom is 0.339 e. The van der Waals surface area contributed by atoms with E-state index in [9.17, 15) is 9.59 Å². The number of carbonyl (C=O) groups is 2. The average Bonchev–Trinajstić information content (AvgIpc) is 2.88. The van der Waals surface area contributed by atoms with Crippen LogP contribution in [0.15, 0.2) is 30.5 Å². The molecule has 2 rings (SSSR count). The number of nitrogens with zero attached hydrogens (tertiary/aromatic N) is 2. The molecule has 6 nitrogen and oxygen atoms in total. The van der Waals surface area contributed by atoms with Crippen LogP contribution in [0.2, 0.25) is 0 Å². The number of nitrogens with one attached hydrogen (secondary N) is 1. The van der Waals surface area contributed by atoms with E-state index in [1.165, 1.54) is 16.4 Å². The Bertz CT molecular complexity index is 755. The first-order valence-electron chi connectivity index (χ1n) is 7.78. The summed E-state index contributed by atoms with van der Waals surface area (Å²) in [5.41, 5.74) is 2.17. The van der Waals surface area contributed by atoms with Crippen molar-refractivity contribution in [2.75, 3.05) is 0 Å². The number of rotatable bonds is 4. The van der Waals surface area contributed by atoms with Crippen molar-refractivity contribution in [3.8, 4) is 0 Å². The molecule has 24 heavy (non-hydrogen) atoms. The van der Waals surface area contributed by atoms with Crippen molar-refractivity contribution in [3.05, 3.63) is 52.8 Å². The molecule has 0 saturated heterocycles. The van der Waals surface area contributed by atoms with E-state index < -0.39 is 11.9 Å². The smallest absolute Gasteiger partial charge is 0.339 e. The summed E-state index contributed by atoms with van der Waals surface area (Å²) >= 11 is 0. The van der Waals surface area contributed by atoms with Crippen LogP contribution in [0, 0.1) is 0 Å². The van der Waals surface area contributed by atoms with Gasteiger partial charge in [-0.2, -0.15) is 5.10 Å². The van der Waals surface area contributed by atoms with Crippen LogP contribution in [0.25, 0.3) is 0 Å². The van der Waals surface area contributed by atoms with E-state index in [-0.39, 0.29) is 22.7 Å². The number of amides is 1. The number of aromatic carboxylic acids is 1. The second-order valence-electron chi connectivity index (χ2n) is 6.90. The number of carbonyl (C=O) groups excluding carboxylic acids is 1. The summed E-state index contributed by atoms with van der Waals surface area (Å²) in [6, 6.07) is 7.80. The molecule has 0 fully saturated rings. The van der Waals surface area contributed by atoms with Gasteiger partial charge in [-0.3, -0.25) is 9.48 Å². The molecule has 0 saturated carbocycles. The molecule has 128 valence electrons. The Morgan fingerprint density at radius 3 is 2.29 bits per heavy atom. The molecular weight excluding hydrogens is 306 g/mol. The Hall–Kier alpha value is -2.63. The summed E-state index contributed by atoms with van der Waals surface area (Å²) in [4.78, 5) is 23.6. The zero-order chi connectivity index (χ0) is 18.1. The highest BCUT2D eigenvalue weighted by molar-refractivity contribution is 6.03. The molecule has 0 aliphatic carbocycles. The Balaban J connectivity index is 2.18. The van der Waals surface area contributed by atoms with E-state index in [1.54, 1.807) is 7.05 Å². The molecule has 2 N–H and O–H groups in total. The van der Waals surface area contributed by atoms with Crippen molar-refractivity contribution >= 4 is 11.9 Å². The van der Waals surface area contributed by atoms with E-state index in [1.807, 2.05) is 31.2 Å². The minimum atomic E-state index is -1.17. The van der Waals surface area contributed by atoms with Gasteiger partial charge in [-0.25, -0.2) is 4.79 Å². The molecule has 0 bridgehead atoms. The molecule has 0 radical (unpaired) electrons. The fourth-order valence-electron chi connectivity index (χ4n) is 2.48. The standard InChI is InChI=1S/C18H23N3O3/c1-11(12-6-8-13(9-7-12)18(2,3)4)20-16(22)15-14(17(23)24)10-19-21(15)5/h6-11H,1-5H3,(H,20,22)(H,23,24). The van der Waals surface area contributed by atoms with Gasteiger partial charge in [0.2, 0.25) is 0 Å². The first-order valence-corrected chi connectivity index (χ1v) is 7.78. The molecule has 1 unspecified atom stereocenters. The third kappa shape index (κ3) is 3.64. The molecule has 6 heteroatoms. The lowest BCUT2D eigenvalue weighted by Crippen LogP contribution is -2.30. The van der Waals surface area contributed by atoms with Gasteiger partial charge in [-0.1, -0.05) is 45.0 Å². The van der Waals surface area contributed by atoms with Gasteiger partial charge in [0.25, 0.3) is 5.91 Å². The van der Waals surface area contributed by atoms with Crippen molar-refractivity contribution in [2.24, 2.45) is 7.05 Å². The summed E-state index contributed by atoms with van der Waals surface area (Å²) in [7, 11) is 1.55. The van der Waals surface area contributed by atoms with Crippen LogP contribution in [0.5, 0.6) is 0 Å². The lowest BCUT2D eigenvalue weighted by molar-refractivity contribution is 0.0690. The number of benzene rings is 1. The minimum absolute atomic E-state index is 0.0423. The fraction of sp³-hybridized carbons (Fsp3) is 0.389. The highest BCUT2D eigenvalue weighted by atomic mass is 16.4. The SMILES string of the molecule is CC(NC(=O)c1c(C(=O)O)cnn1C)c1ccc(C(C)(C)C)cc1. The van der Waals surface area contributed by atoms with Crippen molar-refractivity contribution in [3.63, 3.8) is 0 Å². The van der Waals surface area contributed by atoms with Gasteiger partial charge in [0.1, 0.15) is 11.3 Å². The maximum atomic E-state index is 12.4. The molecule has 0 aliphatic rings. The number of aromatic nitrogens is 2. The molecule has 1 atom stereocenters. The summed E-state index contributed by atoms with van der Waals surface area (Å²) in [5, 5.41) is 15.8. The van der Waals surface area contributed by atoms with Crippen LogP contribution in [-0.4, -0.2) is 26.8 Å². The van der Waals surface area contributed by atoms with Crippen LogP contribution < -0.4 is 5.32 Å². The quantitative estimate of drug-likeness (QED) is 0.903. The van der Waals surface area contributed by atoms with Gasteiger partial charge >= 0.3 is 5.97 Å². The highest BCUT2D eigenvalue weighted by Gasteiger charge is 2.23. The van der Waals surface area contributed by atoms with Gasteiger partial charge in [-0.05, 0) is 23.5 Å². The Morgan fingerprint density at radius 1 is 1.21 bits per heavy atom. The molecule has 1 aromatic heterocycles. The zero-order valence-corrected chi connectivity index (χ0v) is 14.6. The number of hydrogen-bond acceptors (Lipinski definition) is 3.